The van der Waals surface area contributed by atoms with E-state index in [2.05, 4.69) is 0 Å². The predicted molar refractivity (Wildman–Crippen MR) is 16.4 cm³/mol. The first kappa shape index (κ1) is 16.4. The van der Waals surface area contributed by atoms with Crippen molar-refractivity contribution < 1.29 is 22.2 Å². The van der Waals surface area contributed by atoms with Crippen molar-refractivity contribution in [2.24, 2.45) is 0 Å². The van der Waals surface area contributed by atoms with Gasteiger partial charge in [-0.3, -0.25) is 0 Å². The summed E-state index contributed by atoms with van der Waals surface area (Å²) in [5, 5.41) is 0. The first-order valence-corrected chi connectivity index (χ1v) is 1.79. The fourth-order valence-corrected chi connectivity index (χ4v) is 0. The van der Waals surface area contributed by atoms with Crippen molar-refractivity contribution in [1.82, 2.24) is 0 Å². The predicted octanol–water partition coefficient (Wildman–Crippen LogP) is -1.69. The van der Waals surface area contributed by atoms with Gasteiger partial charge in [0.15, 0.2) is 0 Å². The Labute approximate surface area is 72.6 Å². The van der Waals surface area contributed by atoms with Crippen LogP contribution < -0.4 is 0 Å². The Morgan fingerprint density at radius 1 is 1.25 bits per heavy atom. The van der Waals surface area contributed by atoms with Crippen LogP contribution in [0.1, 0.15) is 0 Å². The molecule has 2 radical (unpaired) electrons. The van der Waals surface area contributed by atoms with E-state index in [1.165, 1.54) is 0 Å². The van der Waals surface area contributed by atoms with Crippen LogP contribution in [-0.2, 0) is 22.2 Å². The summed E-state index contributed by atoms with van der Waals surface area (Å²) in [4.78, 5) is 0. The zero-order chi connectivity index (χ0) is 2.00. The molecule has 4 heavy (non-hydrogen) atoms. The standard InChI is InChI=1S/In.O.Pb.Zn.3H. The molecule has 0 aromatic heterocycles. The van der Waals surface area contributed by atoms with Gasteiger partial charge in [0, 0.05) is 19.5 Å². The van der Waals surface area contributed by atoms with Crippen molar-refractivity contribution >= 4 is 51.6 Å². The van der Waals surface area contributed by atoms with Crippen molar-refractivity contribution in [1.29, 1.82) is 0 Å². The summed E-state index contributed by atoms with van der Waals surface area (Å²) in [5.74, 6) is 0. The van der Waals surface area contributed by atoms with E-state index in [0.29, 0.717) is 0 Å². The molecular formula is H3InOPbZn. The number of rotatable bonds is 0. The molecule has 0 aromatic carbocycles. The molecule has 0 rings (SSSR count). The molecule has 0 unspecified atom stereocenters. The summed E-state index contributed by atoms with van der Waals surface area (Å²) in [6.45, 7) is 0. The number of hydrogen-bond donors (Lipinski definition) is 0. The fraction of sp³-hybridized carbons (Fsp3) is 0. The molecule has 0 aliphatic carbocycles. The van der Waals surface area contributed by atoms with Crippen LogP contribution in [0.3, 0.4) is 0 Å². The zero-order valence-electron chi connectivity index (χ0n) is 1.62. The normalized spacial score (nSPS) is 1.00. The molecular weight excluding hydrogens is 403 g/mol. The molecule has 0 saturated heterocycles. The van der Waals surface area contributed by atoms with Gasteiger partial charge < -0.3 is 0 Å². The van der Waals surface area contributed by atoms with Crippen molar-refractivity contribution in [3.8, 4) is 0 Å². The van der Waals surface area contributed by atoms with Gasteiger partial charge in [0.25, 0.3) is 0 Å². The van der Waals surface area contributed by atoms with Crippen LogP contribution in [0.15, 0.2) is 0 Å². The largest absolute Gasteiger partial charge is 0 e. The molecule has 0 aromatic rings. The quantitative estimate of drug-likeness (QED) is 0.439. The third-order valence-electron chi connectivity index (χ3n) is 0. The van der Waals surface area contributed by atoms with Gasteiger partial charge in [-0.1, -0.05) is 0 Å². The maximum atomic E-state index is 8.39. The Balaban J connectivity index is -0.00000000500. The molecule has 1 nitrogen and oxygen atoms in total. The third kappa shape index (κ3) is 8.88. The van der Waals surface area contributed by atoms with Gasteiger partial charge in [-0.15, -0.1) is 0 Å². The minimum Gasteiger partial charge on any atom is 0 e. The monoisotopic (exact) mass is 406 g/mol. The first-order chi connectivity index (χ1) is 1.00. The molecule has 0 saturated carbocycles. The van der Waals surface area contributed by atoms with Gasteiger partial charge >= 0.3 is 54.3 Å². The van der Waals surface area contributed by atoms with E-state index in [0.717, 1.165) is 0 Å². The smallest absolute Gasteiger partial charge is 0 e. The molecule has 0 aliphatic heterocycles. The Hall–Kier alpha value is 2.22. The first-order valence-electron chi connectivity index (χ1n) is 0.204. The van der Waals surface area contributed by atoms with Crippen molar-refractivity contribution in [2.75, 3.05) is 0 Å². The maximum absolute atomic E-state index is 8.39. The van der Waals surface area contributed by atoms with E-state index in [1.54, 1.807) is 0 Å². The second-order valence-electron chi connectivity index (χ2n) is 0. The zero-order valence-corrected chi connectivity index (χ0v) is 8.47. The minimum absolute atomic E-state index is 0. The fourth-order valence-electron chi connectivity index (χ4n) is 0. The summed E-state index contributed by atoms with van der Waals surface area (Å²) in [7, 11) is 0. The molecule has 0 heterocycles. The van der Waals surface area contributed by atoms with Gasteiger partial charge in [-0.05, 0) is 0 Å². The summed E-state index contributed by atoms with van der Waals surface area (Å²) in [6, 6.07) is 0. The van der Waals surface area contributed by atoms with E-state index in [9.17, 15) is 0 Å². The van der Waals surface area contributed by atoms with Gasteiger partial charge in [0.05, 0.1) is 0 Å². The molecule has 0 aliphatic rings. The van der Waals surface area contributed by atoms with E-state index in [-0.39, 0.29) is 71.1 Å². The summed E-state index contributed by atoms with van der Waals surface area (Å²) >= 11 is 0.0556. The Morgan fingerprint density at radius 3 is 1.25 bits per heavy atom. The van der Waals surface area contributed by atoms with Crippen LogP contribution >= 0.6 is 0 Å². The molecule has 0 fully saturated rings. The van der Waals surface area contributed by atoms with E-state index >= 15 is 0 Å². The topological polar surface area (TPSA) is 17.1 Å². The molecule has 0 spiro atoms. The van der Waals surface area contributed by atoms with Gasteiger partial charge in [-0.2, -0.15) is 0 Å². The Kier molecular flexibility index (Phi) is 77.2. The second-order valence-corrected chi connectivity index (χ2v) is 0. The molecule has 4 heteroatoms. The number of hydrogen-bond acceptors (Lipinski definition) is 1. The summed E-state index contributed by atoms with van der Waals surface area (Å²) < 4.78 is 8.39. The van der Waals surface area contributed by atoms with E-state index < -0.39 is 0 Å². The molecule has 0 amide bonds. The second kappa shape index (κ2) is 18.9. The average molecular weight is 406 g/mol. The van der Waals surface area contributed by atoms with Crippen LogP contribution in [0.2, 0.25) is 0 Å². The molecule has 0 bridgehead atoms. The minimum atomic E-state index is 0. The van der Waals surface area contributed by atoms with Crippen molar-refractivity contribution in [2.45, 2.75) is 0 Å². The molecule has 0 N–H and O–H groups in total. The van der Waals surface area contributed by atoms with E-state index in [4.69, 9.17) is 2.69 Å². The molecule has 0 atom stereocenters. The van der Waals surface area contributed by atoms with Crippen molar-refractivity contribution in [3.05, 3.63) is 0 Å². The van der Waals surface area contributed by atoms with Crippen LogP contribution in [0.5, 0.6) is 0 Å². The SMILES string of the molecule is [InH3].[O]=[Pb].[Zn]. The van der Waals surface area contributed by atoms with Gasteiger partial charge in [-0.25, -0.2) is 0 Å². The summed E-state index contributed by atoms with van der Waals surface area (Å²) in [5.41, 5.74) is 0. The van der Waals surface area contributed by atoms with Crippen LogP contribution in [0, 0.1) is 0 Å². The van der Waals surface area contributed by atoms with Crippen LogP contribution in [0.4, 0.5) is 0 Å². The average Bonchev–Trinajstić information content (AvgIpc) is 1.00. The van der Waals surface area contributed by atoms with Crippen molar-refractivity contribution in [3.63, 3.8) is 0 Å². The maximum Gasteiger partial charge on any atom is 0 e. The third-order valence-corrected chi connectivity index (χ3v) is 0. The van der Waals surface area contributed by atoms with Gasteiger partial charge in [0.1, 0.15) is 0 Å². The van der Waals surface area contributed by atoms with Crippen LogP contribution in [0.25, 0.3) is 0 Å². The van der Waals surface area contributed by atoms with Crippen LogP contribution in [-0.4, -0.2) is 51.6 Å². The Morgan fingerprint density at radius 2 is 1.25 bits per heavy atom. The van der Waals surface area contributed by atoms with E-state index in [1.807, 2.05) is 0 Å². The Bertz CT molecular complexity index is 8.00. The van der Waals surface area contributed by atoms with Gasteiger partial charge in [0.2, 0.25) is 0 Å². The summed E-state index contributed by atoms with van der Waals surface area (Å²) in [6.07, 6.45) is 0. The molecule has 18 valence electrons.